The maximum atomic E-state index is 4.29. The molecule has 1 aromatic rings. The lowest BCUT2D eigenvalue weighted by Crippen LogP contribution is -2.43. The highest BCUT2D eigenvalue weighted by atomic mass is 15.3. The maximum Gasteiger partial charge on any atom is 0.151 e. The van der Waals surface area contributed by atoms with Crippen LogP contribution in [0.25, 0.3) is 0 Å². The molecule has 0 saturated carbocycles. The molecule has 0 spiro atoms. The van der Waals surface area contributed by atoms with Gasteiger partial charge in [0.15, 0.2) is 5.82 Å². The molecule has 2 unspecified atom stereocenters. The molecule has 5 nitrogen and oxygen atoms in total. The van der Waals surface area contributed by atoms with Crippen LogP contribution in [0.3, 0.4) is 0 Å². The van der Waals surface area contributed by atoms with Gasteiger partial charge in [-0.25, -0.2) is 4.98 Å². The molecule has 0 amide bonds. The van der Waals surface area contributed by atoms with Gasteiger partial charge in [-0.3, -0.25) is 4.68 Å². The van der Waals surface area contributed by atoms with Crippen LogP contribution in [0, 0.1) is 5.92 Å². The van der Waals surface area contributed by atoms with E-state index in [4.69, 9.17) is 0 Å². The van der Waals surface area contributed by atoms with E-state index < -0.39 is 0 Å². The summed E-state index contributed by atoms with van der Waals surface area (Å²) in [5, 5.41) is 7.90. The van der Waals surface area contributed by atoms with Crippen molar-refractivity contribution in [3.63, 3.8) is 0 Å². The van der Waals surface area contributed by atoms with E-state index in [9.17, 15) is 0 Å². The summed E-state index contributed by atoms with van der Waals surface area (Å²) in [6.07, 6.45) is 5.35. The van der Waals surface area contributed by atoms with Gasteiger partial charge >= 0.3 is 0 Å². The van der Waals surface area contributed by atoms with Crippen LogP contribution in [0.4, 0.5) is 0 Å². The normalized spacial score (nSPS) is 23.2. The molecular weight excluding hydrogens is 226 g/mol. The van der Waals surface area contributed by atoms with Crippen molar-refractivity contribution < 1.29 is 0 Å². The van der Waals surface area contributed by atoms with Gasteiger partial charge in [0.1, 0.15) is 6.33 Å². The largest absolute Gasteiger partial charge is 0.313 e. The molecule has 2 heterocycles. The maximum absolute atomic E-state index is 4.29. The molecule has 2 atom stereocenters. The number of hydrogen-bond acceptors (Lipinski definition) is 4. The first kappa shape index (κ1) is 13.5. The standard InChI is InChI=1S/C13H25N5/c1-11(12-5-4-8-17(2)9-12)14-7-6-13-15-10-18(3)16-13/h10-12,14H,4-9H2,1-3H3. The first-order valence-corrected chi connectivity index (χ1v) is 6.91. The third-order valence-electron chi connectivity index (χ3n) is 3.83. The predicted octanol–water partition coefficient (Wildman–Crippen LogP) is 0.677. The Bertz CT molecular complexity index is 362. The summed E-state index contributed by atoms with van der Waals surface area (Å²) in [7, 11) is 4.13. The zero-order chi connectivity index (χ0) is 13.0. The second-order valence-electron chi connectivity index (χ2n) is 5.49. The molecule has 5 heteroatoms. The highest BCUT2D eigenvalue weighted by Gasteiger charge is 2.22. The third-order valence-corrected chi connectivity index (χ3v) is 3.83. The van der Waals surface area contributed by atoms with Crippen molar-refractivity contribution in [2.75, 3.05) is 26.7 Å². The Hall–Kier alpha value is -0.940. The van der Waals surface area contributed by atoms with Crippen LogP contribution in [0.15, 0.2) is 6.33 Å². The minimum atomic E-state index is 0.580. The van der Waals surface area contributed by atoms with Gasteiger partial charge in [-0.15, -0.1) is 0 Å². The van der Waals surface area contributed by atoms with Crippen molar-refractivity contribution in [3.05, 3.63) is 12.2 Å². The second-order valence-corrected chi connectivity index (χ2v) is 5.49. The Labute approximate surface area is 110 Å². The van der Waals surface area contributed by atoms with E-state index in [1.807, 2.05) is 7.05 Å². The van der Waals surface area contributed by atoms with Crippen molar-refractivity contribution in [2.45, 2.75) is 32.2 Å². The van der Waals surface area contributed by atoms with Crippen molar-refractivity contribution in [2.24, 2.45) is 13.0 Å². The number of nitrogens with one attached hydrogen (secondary N) is 1. The molecule has 1 fully saturated rings. The first-order chi connectivity index (χ1) is 8.65. The topological polar surface area (TPSA) is 46.0 Å². The van der Waals surface area contributed by atoms with Crippen LogP contribution in [0.1, 0.15) is 25.6 Å². The molecule has 2 rings (SSSR count). The fourth-order valence-corrected chi connectivity index (χ4v) is 2.69. The van der Waals surface area contributed by atoms with Crippen LogP contribution in [-0.2, 0) is 13.5 Å². The lowest BCUT2D eigenvalue weighted by Gasteiger charge is -2.33. The van der Waals surface area contributed by atoms with E-state index in [-0.39, 0.29) is 0 Å². The van der Waals surface area contributed by atoms with Gasteiger partial charge in [-0.1, -0.05) is 0 Å². The lowest BCUT2D eigenvalue weighted by atomic mass is 9.92. The van der Waals surface area contributed by atoms with Crippen molar-refractivity contribution in [1.82, 2.24) is 25.0 Å². The zero-order valence-corrected chi connectivity index (χ0v) is 11.8. The Balaban J connectivity index is 1.69. The minimum absolute atomic E-state index is 0.580. The van der Waals surface area contributed by atoms with Gasteiger partial charge in [-0.2, -0.15) is 5.10 Å². The average molecular weight is 251 g/mol. The lowest BCUT2D eigenvalue weighted by molar-refractivity contribution is 0.179. The summed E-state index contributed by atoms with van der Waals surface area (Å²) in [6.45, 7) is 5.73. The number of likely N-dealkylation sites (tertiary alicyclic amines) is 1. The first-order valence-electron chi connectivity index (χ1n) is 6.91. The molecule has 102 valence electrons. The smallest absolute Gasteiger partial charge is 0.151 e. The number of nitrogens with zero attached hydrogens (tertiary/aromatic N) is 4. The van der Waals surface area contributed by atoms with Crippen LogP contribution in [0.5, 0.6) is 0 Å². The van der Waals surface area contributed by atoms with Gasteiger partial charge in [0.2, 0.25) is 0 Å². The molecular formula is C13H25N5. The Morgan fingerprint density at radius 1 is 1.50 bits per heavy atom. The number of hydrogen-bond donors (Lipinski definition) is 1. The van der Waals surface area contributed by atoms with Crippen LogP contribution >= 0.6 is 0 Å². The van der Waals surface area contributed by atoms with Crippen LogP contribution < -0.4 is 5.32 Å². The van der Waals surface area contributed by atoms with Gasteiger partial charge in [-0.05, 0) is 39.3 Å². The number of aromatic nitrogens is 3. The molecule has 0 aliphatic carbocycles. The summed E-state index contributed by atoms with van der Waals surface area (Å²) >= 11 is 0. The molecule has 0 radical (unpaired) electrons. The Morgan fingerprint density at radius 2 is 2.33 bits per heavy atom. The molecule has 1 aliphatic rings. The van der Waals surface area contributed by atoms with E-state index in [0.717, 1.165) is 24.7 Å². The summed E-state index contributed by atoms with van der Waals surface area (Å²) in [4.78, 5) is 6.68. The molecule has 1 N–H and O–H groups in total. The van der Waals surface area contributed by atoms with Gasteiger partial charge in [0, 0.05) is 32.6 Å². The molecule has 1 aliphatic heterocycles. The van der Waals surface area contributed by atoms with E-state index in [1.165, 1.54) is 25.9 Å². The SMILES string of the molecule is CC(NCCc1ncn(C)n1)C1CCCN(C)C1. The summed E-state index contributed by atoms with van der Waals surface area (Å²) < 4.78 is 1.76. The minimum Gasteiger partial charge on any atom is -0.313 e. The zero-order valence-electron chi connectivity index (χ0n) is 11.8. The third kappa shape index (κ3) is 3.78. The number of rotatable bonds is 5. The van der Waals surface area contributed by atoms with Crippen molar-refractivity contribution in [3.8, 4) is 0 Å². The molecule has 0 aromatic carbocycles. The Kier molecular flexibility index (Phi) is 4.72. The van der Waals surface area contributed by atoms with E-state index in [1.54, 1.807) is 11.0 Å². The van der Waals surface area contributed by atoms with E-state index in [0.29, 0.717) is 6.04 Å². The fraction of sp³-hybridized carbons (Fsp3) is 0.846. The van der Waals surface area contributed by atoms with Crippen molar-refractivity contribution >= 4 is 0 Å². The Morgan fingerprint density at radius 3 is 3.00 bits per heavy atom. The number of aryl methyl sites for hydroxylation is 1. The van der Waals surface area contributed by atoms with E-state index in [2.05, 4.69) is 34.3 Å². The predicted molar refractivity (Wildman–Crippen MR) is 72.4 cm³/mol. The van der Waals surface area contributed by atoms with Gasteiger partial charge in [0.25, 0.3) is 0 Å². The summed E-state index contributed by atoms with van der Waals surface area (Å²) in [5.74, 6) is 1.71. The van der Waals surface area contributed by atoms with E-state index >= 15 is 0 Å². The van der Waals surface area contributed by atoms with Crippen molar-refractivity contribution in [1.29, 1.82) is 0 Å². The highest BCUT2D eigenvalue weighted by molar-refractivity contribution is 4.84. The highest BCUT2D eigenvalue weighted by Crippen LogP contribution is 2.18. The second kappa shape index (κ2) is 6.29. The van der Waals surface area contributed by atoms with Gasteiger partial charge < -0.3 is 10.2 Å². The molecule has 1 saturated heterocycles. The molecule has 1 aromatic heterocycles. The molecule has 18 heavy (non-hydrogen) atoms. The monoisotopic (exact) mass is 251 g/mol. The summed E-state index contributed by atoms with van der Waals surface area (Å²) in [5.41, 5.74) is 0. The average Bonchev–Trinajstić information content (AvgIpc) is 2.75. The fourth-order valence-electron chi connectivity index (χ4n) is 2.69. The van der Waals surface area contributed by atoms with Gasteiger partial charge in [0.05, 0.1) is 0 Å². The van der Waals surface area contributed by atoms with Crippen LogP contribution in [-0.4, -0.2) is 52.4 Å². The van der Waals surface area contributed by atoms with Crippen LogP contribution in [0.2, 0.25) is 0 Å². The quantitative estimate of drug-likeness (QED) is 0.836. The molecule has 0 bridgehead atoms. The number of piperidine rings is 1. The summed E-state index contributed by atoms with van der Waals surface area (Å²) in [6, 6.07) is 0.580.